The van der Waals surface area contributed by atoms with Crippen molar-refractivity contribution in [1.82, 2.24) is 5.32 Å². The summed E-state index contributed by atoms with van der Waals surface area (Å²) in [7, 11) is -3.83. The average Bonchev–Trinajstić information content (AvgIpc) is 2.76. The number of hydrogen-bond donors (Lipinski definition) is 2. The second-order valence-corrected chi connectivity index (χ2v) is 10.5. The maximum Gasteiger partial charge on any atom is 0.262 e. The summed E-state index contributed by atoms with van der Waals surface area (Å²) in [5.41, 5.74) is 4.58. The number of amides is 1. The van der Waals surface area contributed by atoms with Crippen molar-refractivity contribution in [2.75, 3.05) is 17.0 Å². The molecule has 0 aliphatic heterocycles. The van der Waals surface area contributed by atoms with E-state index >= 15 is 0 Å². The van der Waals surface area contributed by atoms with Crippen LogP contribution >= 0.6 is 11.8 Å². The number of rotatable bonds is 9. The summed E-state index contributed by atoms with van der Waals surface area (Å²) in [4.78, 5) is 12.7. The Kier molecular flexibility index (Phi) is 7.99. The first-order valence-electron chi connectivity index (χ1n) is 10.4. The van der Waals surface area contributed by atoms with Crippen LogP contribution < -0.4 is 10.0 Å². The normalized spacial score (nSPS) is 11.2. The van der Waals surface area contributed by atoms with Crippen molar-refractivity contribution in [3.8, 4) is 0 Å². The van der Waals surface area contributed by atoms with Gasteiger partial charge in [0, 0.05) is 23.6 Å². The Morgan fingerprint density at radius 3 is 2.38 bits per heavy atom. The molecule has 1 amide bonds. The van der Waals surface area contributed by atoms with Crippen molar-refractivity contribution in [3.63, 3.8) is 0 Å². The third-order valence-electron chi connectivity index (χ3n) is 5.01. The lowest BCUT2D eigenvalue weighted by atomic mass is 10.1. The smallest absolute Gasteiger partial charge is 0.262 e. The summed E-state index contributed by atoms with van der Waals surface area (Å²) >= 11 is 1.74. The van der Waals surface area contributed by atoms with Crippen LogP contribution in [0.5, 0.6) is 0 Å². The van der Waals surface area contributed by atoms with E-state index in [1.54, 1.807) is 36.9 Å². The van der Waals surface area contributed by atoms with Crippen LogP contribution in [0.3, 0.4) is 0 Å². The molecule has 5 nitrogen and oxygen atoms in total. The SMILES string of the molecule is Cc1ccc(NS(=O)(=O)c2cc(C(=O)NCCSCc3ccccc3)ccc2C)c(C)c1. The molecule has 0 aliphatic rings. The highest BCUT2D eigenvalue weighted by atomic mass is 32.2. The van der Waals surface area contributed by atoms with E-state index < -0.39 is 10.0 Å². The largest absolute Gasteiger partial charge is 0.351 e. The van der Waals surface area contributed by atoms with Crippen molar-refractivity contribution in [2.24, 2.45) is 0 Å². The second kappa shape index (κ2) is 10.7. The monoisotopic (exact) mass is 468 g/mol. The number of carbonyl (C=O) groups is 1. The fraction of sp³-hybridized carbons (Fsp3) is 0.240. The Bertz CT molecular complexity index is 1190. The van der Waals surface area contributed by atoms with Gasteiger partial charge in [0.2, 0.25) is 0 Å². The number of carbonyl (C=O) groups excluding carboxylic acids is 1. The van der Waals surface area contributed by atoms with Crippen LogP contribution in [-0.2, 0) is 15.8 Å². The zero-order valence-corrected chi connectivity index (χ0v) is 20.1. The molecular weight excluding hydrogens is 440 g/mol. The van der Waals surface area contributed by atoms with Crippen LogP contribution in [-0.4, -0.2) is 26.6 Å². The topological polar surface area (TPSA) is 75.3 Å². The van der Waals surface area contributed by atoms with Gasteiger partial charge in [0.1, 0.15) is 0 Å². The van der Waals surface area contributed by atoms with Crippen LogP contribution in [0.2, 0.25) is 0 Å². The van der Waals surface area contributed by atoms with Gasteiger partial charge in [-0.2, -0.15) is 11.8 Å². The summed E-state index contributed by atoms with van der Waals surface area (Å²) in [6.07, 6.45) is 0. The first-order chi connectivity index (χ1) is 15.3. The van der Waals surface area contributed by atoms with Crippen LogP contribution in [0.1, 0.15) is 32.6 Å². The molecule has 0 radical (unpaired) electrons. The molecule has 7 heteroatoms. The van der Waals surface area contributed by atoms with Crippen LogP contribution in [0.25, 0.3) is 0 Å². The lowest BCUT2D eigenvalue weighted by molar-refractivity contribution is 0.0956. The molecule has 0 bridgehead atoms. The number of benzene rings is 3. The van der Waals surface area contributed by atoms with E-state index in [4.69, 9.17) is 0 Å². The number of hydrogen-bond acceptors (Lipinski definition) is 4. The fourth-order valence-electron chi connectivity index (χ4n) is 3.26. The fourth-order valence-corrected chi connectivity index (χ4v) is 5.48. The van der Waals surface area contributed by atoms with Gasteiger partial charge in [-0.1, -0.05) is 54.1 Å². The highest BCUT2D eigenvalue weighted by Gasteiger charge is 2.20. The van der Waals surface area contributed by atoms with E-state index in [1.807, 2.05) is 44.2 Å². The second-order valence-electron chi connectivity index (χ2n) is 7.70. The maximum absolute atomic E-state index is 13.0. The van der Waals surface area contributed by atoms with Gasteiger partial charge in [-0.25, -0.2) is 8.42 Å². The maximum atomic E-state index is 13.0. The molecule has 32 heavy (non-hydrogen) atoms. The van der Waals surface area contributed by atoms with Gasteiger partial charge < -0.3 is 5.32 Å². The van der Waals surface area contributed by atoms with E-state index in [1.165, 1.54) is 11.6 Å². The Morgan fingerprint density at radius 1 is 0.906 bits per heavy atom. The molecule has 0 heterocycles. The third-order valence-corrected chi connectivity index (χ3v) is 7.55. The molecule has 3 aromatic carbocycles. The molecular formula is C25H28N2O3S2. The minimum absolute atomic E-state index is 0.101. The lowest BCUT2D eigenvalue weighted by Gasteiger charge is -2.14. The first kappa shape index (κ1) is 23.9. The predicted octanol–water partition coefficient (Wildman–Crippen LogP) is 5.08. The average molecular weight is 469 g/mol. The van der Waals surface area contributed by atoms with Crippen molar-refractivity contribution >= 4 is 33.4 Å². The predicted molar refractivity (Wildman–Crippen MR) is 133 cm³/mol. The molecule has 0 unspecified atom stereocenters. The molecule has 168 valence electrons. The van der Waals surface area contributed by atoms with Crippen molar-refractivity contribution in [2.45, 2.75) is 31.4 Å². The third kappa shape index (κ3) is 6.37. The standard InChI is InChI=1S/C25H28N2O3S2/c1-18-9-12-23(20(3)15-18)27-32(29,30)24-16-22(11-10-19(24)2)25(28)26-13-14-31-17-21-7-5-4-6-8-21/h4-12,15-16,27H,13-14,17H2,1-3H3,(H,26,28). The first-order valence-corrected chi connectivity index (χ1v) is 13.0. The number of sulfonamides is 1. The highest BCUT2D eigenvalue weighted by Crippen LogP contribution is 2.23. The molecule has 3 aromatic rings. The number of nitrogens with one attached hydrogen (secondary N) is 2. The molecule has 0 spiro atoms. The van der Waals surface area contributed by atoms with Gasteiger partial charge in [-0.05, 0) is 55.7 Å². The Labute approximate surface area is 194 Å². The van der Waals surface area contributed by atoms with Crippen LogP contribution in [0.15, 0.2) is 71.6 Å². The van der Waals surface area contributed by atoms with Gasteiger partial charge in [-0.3, -0.25) is 9.52 Å². The van der Waals surface area contributed by atoms with Crippen molar-refractivity contribution in [1.29, 1.82) is 0 Å². The van der Waals surface area contributed by atoms with Gasteiger partial charge in [0.25, 0.3) is 15.9 Å². The van der Waals surface area contributed by atoms with Gasteiger partial charge in [0.05, 0.1) is 10.6 Å². The zero-order chi connectivity index (χ0) is 23.1. The molecule has 0 saturated heterocycles. The summed E-state index contributed by atoms with van der Waals surface area (Å²) in [5, 5.41) is 2.87. The quantitative estimate of drug-likeness (QED) is 0.430. The molecule has 0 aromatic heterocycles. The van der Waals surface area contributed by atoms with Crippen LogP contribution in [0, 0.1) is 20.8 Å². The molecule has 0 fully saturated rings. The Hall–Kier alpha value is -2.77. The summed E-state index contributed by atoms with van der Waals surface area (Å²) in [6.45, 7) is 6.04. The zero-order valence-electron chi connectivity index (χ0n) is 18.5. The Balaban J connectivity index is 1.63. The summed E-state index contributed by atoms with van der Waals surface area (Å²) < 4.78 is 28.7. The minimum Gasteiger partial charge on any atom is -0.351 e. The number of aryl methyl sites for hydroxylation is 3. The lowest BCUT2D eigenvalue weighted by Crippen LogP contribution is -2.26. The van der Waals surface area contributed by atoms with E-state index in [-0.39, 0.29) is 10.8 Å². The summed E-state index contributed by atoms with van der Waals surface area (Å²) in [5.74, 6) is 1.37. The minimum atomic E-state index is -3.83. The van der Waals surface area contributed by atoms with E-state index in [2.05, 4.69) is 22.2 Å². The molecule has 3 rings (SSSR count). The van der Waals surface area contributed by atoms with E-state index in [0.717, 1.165) is 22.6 Å². The number of thioether (sulfide) groups is 1. The van der Waals surface area contributed by atoms with E-state index in [9.17, 15) is 13.2 Å². The van der Waals surface area contributed by atoms with Crippen molar-refractivity contribution < 1.29 is 13.2 Å². The van der Waals surface area contributed by atoms with Crippen molar-refractivity contribution in [3.05, 3.63) is 94.5 Å². The highest BCUT2D eigenvalue weighted by molar-refractivity contribution is 7.98. The Morgan fingerprint density at radius 2 is 1.66 bits per heavy atom. The molecule has 2 N–H and O–H groups in total. The van der Waals surface area contributed by atoms with Gasteiger partial charge in [-0.15, -0.1) is 0 Å². The van der Waals surface area contributed by atoms with Crippen LogP contribution in [0.4, 0.5) is 5.69 Å². The van der Waals surface area contributed by atoms with Gasteiger partial charge >= 0.3 is 0 Å². The number of anilines is 1. The van der Waals surface area contributed by atoms with E-state index in [0.29, 0.717) is 23.4 Å². The summed E-state index contributed by atoms with van der Waals surface area (Å²) in [6, 6.07) is 20.4. The van der Waals surface area contributed by atoms with Gasteiger partial charge in [0.15, 0.2) is 0 Å². The molecule has 0 saturated carbocycles. The molecule has 0 aliphatic carbocycles. The molecule has 0 atom stereocenters.